The van der Waals surface area contributed by atoms with Gasteiger partial charge in [0.05, 0.1) is 27.0 Å². The monoisotopic (exact) mass is 397 g/mol. The van der Waals surface area contributed by atoms with Crippen molar-refractivity contribution in [2.24, 2.45) is 0 Å². The van der Waals surface area contributed by atoms with Crippen molar-refractivity contribution in [3.8, 4) is 11.5 Å². The van der Waals surface area contributed by atoms with E-state index < -0.39 is 0 Å². The van der Waals surface area contributed by atoms with Crippen molar-refractivity contribution in [2.75, 3.05) is 19.5 Å². The van der Waals surface area contributed by atoms with Crippen LogP contribution in [0.4, 0.5) is 5.82 Å². The number of methoxy groups -OCH3 is 2. The molecule has 0 unspecified atom stereocenters. The third kappa shape index (κ3) is 3.20. The zero-order chi connectivity index (χ0) is 19.7. The van der Waals surface area contributed by atoms with Gasteiger partial charge in [0.2, 0.25) is 5.91 Å². The number of aromatic nitrogens is 2. The summed E-state index contributed by atoms with van der Waals surface area (Å²) in [7, 11) is 3.20. The highest BCUT2D eigenvalue weighted by atomic mass is 35.5. The number of carbonyl (C=O) groups excluding carboxylic acids is 1. The Hall–Kier alpha value is -2.99. The summed E-state index contributed by atoms with van der Waals surface area (Å²) in [6, 6.07) is 13.3. The van der Waals surface area contributed by atoms with Gasteiger partial charge in [-0.15, -0.1) is 0 Å². The van der Waals surface area contributed by atoms with Gasteiger partial charge in [-0.05, 0) is 17.7 Å². The van der Waals surface area contributed by atoms with Crippen LogP contribution in [0.3, 0.4) is 0 Å². The van der Waals surface area contributed by atoms with Gasteiger partial charge in [-0.2, -0.15) is 5.10 Å². The van der Waals surface area contributed by atoms with Crippen LogP contribution < -0.4 is 14.8 Å². The summed E-state index contributed by atoms with van der Waals surface area (Å²) in [6.07, 6.45) is 2.11. The Bertz CT molecular complexity index is 1030. The van der Waals surface area contributed by atoms with Crippen molar-refractivity contribution in [3.63, 3.8) is 0 Å². The summed E-state index contributed by atoms with van der Waals surface area (Å²) in [6.45, 7) is 0.469. The molecule has 1 amide bonds. The Morgan fingerprint density at radius 2 is 1.96 bits per heavy atom. The highest BCUT2D eigenvalue weighted by Crippen LogP contribution is 2.44. The molecule has 4 rings (SSSR count). The van der Waals surface area contributed by atoms with E-state index >= 15 is 0 Å². The van der Waals surface area contributed by atoms with Crippen LogP contribution >= 0.6 is 11.6 Å². The van der Waals surface area contributed by atoms with Gasteiger partial charge in [-0.25, -0.2) is 4.68 Å². The predicted octanol–water partition coefficient (Wildman–Crippen LogP) is 4.08. The topological polar surface area (TPSA) is 65.4 Å². The van der Waals surface area contributed by atoms with Gasteiger partial charge in [0, 0.05) is 28.5 Å². The van der Waals surface area contributed by atoms with Crippen LogP contribution in [-0.2, 0) is 11.3 Å². The molecule has 0 radical (unpaired) electrons. The van der Waals surface area contributed by atoms with E-state index in [0.717, 1.165) is 16.7 Å². The molecule has 1 aliphatic rings. The molecule has 1 atom stereocenters. The molecule has 144 valence electrons. The number of para-hydroxylation sites is 1. The summed E-state index contributed by atoms with van der Waals surface area (Å²) in [5.41, 5.74) is 2.78. The number of rotatable bonds is 5. The minimum absolute atomic E-state index is 0.0664. The molecular weight excluding hydrogens is 378 g/mol. The maximum Gasteiger partial charge on any atom is 0.226 e. The molecule has 2 heterocycles. The molecular formula is C21H20ClN3O3. The third-order valence-corrected chi connectivity index (χ3v) is 5.35. The Kier molecular flexibility index (Phi) is 4.96. The molecule has 2 aromatic carbocycles. The first-order valence-electron chi connectivity index (χ1n) is 8.92. The molecule has 1 aromatic heterocycles. The molecule has 1 N–H and O–H groups in total. The van der Waals surface area contributed by atoms with E-state index in [0.29, 0.717) is 35.3 Å². The van der Waals surface area contributed by atoms with Crippen LogP contribution in [-0.4, -0.2) is 29.9 Å². The van der Waals surface area contributed by atoms with Gasteiger partial charge in [0.1, 0.15) is 5.82 Å². The Morgan fingerprint density at radius 1 is 1.14 bits per heavy atom. The average Bonchev–Trinajstić information content (AvgIpc) is 3.11. The molecule has 0 saturated heterocycles. The summed E-state index contributed by atoms with van der Waals surface area (Å²) in [5, 5.41) is 8.14. The highest BCUT2D eigenvalue weighted by molar-refractivity contribution is 6.31. The molecule has 6 nitrogen and oxygen atoms in total. The smallest absolute Gasteiger partial charge is 0.226 e. The molecule has 0 spiro atoms. The molecule has 1 aliphatic heterocycles. The maximum atomic E-state index is 12.5. The van der Waals surface area contributed by atoms with Gasteiger partial charge in [-0.1, -0.05) is 41.9 Å². The zero-order valence-corrected chi connectivity index (χ0v) is 16.4. The second-order valence-corrected chi connectivity index (χ2v) is 6.99. The first-order valence-corrected chi connectivity index (χ1v) is 9.30. The standard InChI is InChI=1S/C21H20ClN3O3/c1-27-18-9-5-7-14(20(18)28-2)15-10-19(26)24-21-16(15)11-23-25(21)12-13-6-3-4-8-17(13)22/h3-9,11,15H,10,12H2,1-2H3,(H,24,26)/t15-/m0/s1. The van der Waals surface area contributed by atoms with Gasteiger partial charge >= 0.3 is 0 Å². The van der Waals surface area contributed by atoms with Gasteiger partial charge in [0.15, 0.2) is 11.5 Å². The van der Waals surface area contributed by atoms with Crippen molar-refractivity contribution < 1.29 is 14.3 Å². The van der Waals surface area contributed by atoms with Crippen LogP contribution in [0.1, 0.15) is 29.0 Å². The summed E-state index contributed by atoms with van der Waals surface area (Å²) >= 11 is 6.29. The molecule has 3 aromatic rings. The minimum Gasteiger partial charge on any atom is -0.493 e. The van der Waals surface area contributed by atoms with Gasteiger partial charge in [0.25, 0.3) is 0 Å². The predicted molar refractivity (Wildman–Crippen MR) is 107 cm³/mol. The number of nitrogens with zero attached hydrogens (tertiary/aromatic N) is 2. The number of nitrogens with one attached hydrogen (secondary N) is 1. The molecule has 28 heavy (non-hydrogen) atoms. The Balaban J connectivity index is 1.76. The van der Waals surface area contributed by atoms with E-state index in [1.165, 1.54) is 0 Å². The van der Waals surface area contributed by atoms with Crippen LogP contribution in [0.15, 0.2) is 48.7 Å². The van der Waals surface area contributed by atoms with Crippen molar-refractivity contribution in [3.05, 3.63) is 70.4 Å². The van der Waals surface area contributed by atoms with Crippen molar-refractivity contribution >= 4 is 23.3 Å². The van der Waals surface area contributed by atoms with Crippen LogP contribution in [0.2, 0.25) is 5.02 Å². The molecule has 0 aliphatic carbocycles. The van der Waals surface area contributed by atoms with Crippen molar-refractivity contribution in [2.45, 2.75) is 18.9 Å². The second-order valence-electron chi connectivity index (χ2n) is 6.59. The van der Waals surface area contributed by atoms with Crippen molar-refractivity contribution in [1.82, 2.24) is 9.78 Å². The quantitative estimate of drug-likeness (QED) is 0.704. The molecule has 0 bridgehead atoms. The largest absolute Gasteiger partial charge is 0.493 e. The number of ether oxygens (including phenoxy) is 2. The van der Waals surface area contributed by atoms with Crippen molar-refractivity contribution in [1.29, 1.82) is 0 Å². The first-order chi connectivity index (χ1) is 13.6. The number of hydrogen-bond acceptors (Lipinski definition) is 4. The lowest BCUT2D eigenvalue weighted by molar-refractivity contribution is -0.116. The number of amides is 1. The molecule has 0 saturated carbocycles. The zero-order valence-electron chi connectivity index (χ0n) is 15.6. The van der Waals surface area contributed by atoms with Crippen LogP contribution in [0.5, 0.6) is 11.5 Å². The van der Waals surface area contributed by atoms with E-state index in [-0.39, 0.29) is 11.8 Å². The Labute approximate surface area is 168 Å². The highest BCUT2D eigenvalue weighted by Gasteiger charge is 2.32. The fraction of sp³-hybridized carbons (Fsp3) is 0.238. The number of fused-ring (bicyclic) bond motifs is 1. The molecule has 0 fully saturated rings. The fourth-order valence-corrected chi connectivity index (χ4v) is 3.84. The number of anilines is 1. The normalized spacial score (nSPS) is 15.7. The summed E-state index contributed by atoms with van der Waals surface area (Å²) in [5.74, 6) is 1.72. The van der Waals surface area contributed by atoms with Crippen LogP contribution in [0.25, 0.3) is 0 Å². The lowest BCUT2D eigenvalue weighted by atomic mass is 9.86. The first kappa shape index (κ1) is 18.4. The van der Waals surface area contributed by atoms with Gasteiger partial charge < -0.3 is 14.8 Å². The van der Waals surface area contributed by atoms with Gasteiger partial charge in [-0.3, -0.25) is 4.79 Å². The van der Waals surface area contributed by atoms with E-state index in [9.17, 15) is 4.79 Å². The third-order valence-electron chi connectivity index (χ3n) is 4.98. The lowest BCUT2D eigenvalue weighted by Gasteiger charge is -2.25. The number of hydrogen-bond donors (Lipinski definition) is 1. The minimum atomic E-state index is -0.172. The summed E-state index contributed by atoms with van der Waals surface area (Å²) in [4.78, 5) is 12.5. The van der Waals surface area contributed by atoms with Crippen LogP contribution in [0, 0.1) is 0 Å². The Morgan fingerprint density at radius 3 is 2.71 bits per heavy atom. The molecule has 7 heteroatoms. The van der Waals surface area contributed by atoms with E-state index in [1.54, 1.807) is 25.1 Å². The maximum absolute atomic E-state index is 12.5. The fourth-order valence-electron chi connectivity index (χ4n) is 3.64. The SMILES string of the molecule is COc1cccc([C@@H]2CC(=O)Nc3c2cnn3Cc2ccccc2Cl)c1OC. The average molecular weight is 398 g/mol. The lowest BCUT2D eigenvalue weighted by Crippen LogP contribution is -2.25. The van der Waals surface area contributed by atoms with E-state index in [4.69, 9.17) is 21.1 Å². The van der Waals surface area contributed by atoms with E-state index in [1.807, 2.05) is 42.5 Å². The number of halogens is 1. The number of benzene rings is 2. The van der Waals surface area contributed by atoms with E-state index in [2.05, 4.69) is 10.4 Å². The second kappa shape index (κ2) is 7.56. The summed E-state index contributed by atoms with van der Waals surface area (Å²) < 4.78 is 12.8. The number of carbonyl (C=O) groups is 1.